The van der Waals surface area contributed by atoms with Gasteiger partial charge in [0.1, 0.15) is 5.60 Å². The predicted molar refractivity (Wildman–Crippen MR) is 48.2 cm³/mol. The molecule has 1 aliphatic rings. The van der Waals surface area contributed by atoms with Gasteiger partial charge in [0.15, 0.2) is 0 Å². The van der Waals surface area contributed by atoms with E-state index in [9.17, 15) is 9.90 Å². The second-order valence-electron chi connectivity index (χ2n) is 4.00. The summed E-state index contributed by atoms with van der Waals surface area (Å²) in [4.78, 5) is 11.2. The molecule has 2 N–H and O–H groups in total. The van der Waals surface area contributed by atoms with E-state index in [2.05, 4.69) is 5.32 Å². The van der Waals surface area contributed by atoms with Crippen LogP contribution in [0.15, 0.2) is 0 Å². The lowest BCUT2D eigenvalue weighted by atomic mass is 10.1. The van der Waals surface area contributed by atoms with Crippen molar-refractivity contribution >= 4 is 5.91 Å². The summed E-state index contributed by atoms with van der Waals surface area (Å²) in [5, 5.41) is 12.0. The molecule has 0 aromatic heterocycles. The summed E-state index contributed by atoms with van der Waals surface area (Å²) in [6, 6.07) is 0. The zero-order valence-corrected chi connectivity index (χ0v) is 8.17. The minimum atomic E-state index is -1.28. The van der Waals surface area contributed by atoms with E-state index in [1.807, 2.05) is 0 Å². The summed E-state index contributed by atoms with van der Waals surface area (Å²) >= 11 is 0. The third-order valence-electron chi connectivity index (χ3n) is 2.13. The molecule has 1 atom stereocenters. The molecule has 0 aromatic rings. The Labute approximate surface area is 78.3 Å². The van der Waals surface area contributed by atoms with Crippen molar-refractivity contribution in [2.45, 2.75) is 25.9 Å². The fourth-order valence-electron chi connectivity index (χ4n) is 1.20. The van der Waals surface area contributed by atoms with Gasteiger partial charge in [-0.25, -0.2) is 0 Å². The first kappa shape index (κ1) is 10.5. The first-order chi connectivity index (χ1) is 6.00. The fourth-order valence-corrected chi connectivity index (χ4v) is 1.20. The molecule has 0 radical (unpaired) electrons. The molecule has 1 unspecified atom stereocenters. The highest BCUT2D eigenvalue weighted by molar-refractivity contribution is 5.83. The Balaban J connectivity index is 2.22. The van der Waals surface area contributed by atoms with E-state index in [0.29, 0.717) is 19.1 Å². The van der Waals surface area contributed by atoms with Gasteiger partial charge < -0.3 is 15.2 Å². The van der Waals surface area contributed by atoms with Gasteiger partial charge >= 0.3 is 0 Å². The lowest BCUT2D eigenvalue weighted by Gasteiger charge is -2.18. The Morgan fingerprint density at radius 3 is 2.85 bits per heavy atom. The number of hydrogen-bond acceptors (Lipinski definition) is 3. The van der Waals surface area contributed by atoms with E-state index in [4.69, 9.17) is 4.74 Å². The number of hydrogen-bond donors (Lipinski definition) is 2. The van der Waals surface area contributed by atoms with E-state index in [1.54, 1.807) is 0 Å². The van der Waals surface area contributed by atoms with Crippen LogP contribution < -0.4 is 5.32 Å². The predicted octanol–water partition coefficient (Wildman–Crippen LogP) is -0.0900. The van der Waals surface area contributed by atoms with E-state index >= 15 is 0 Å². The van der Waals surface area contributed by atoms with Crippen LogP contribution in [0, 0.1) is 5.92 Å². The van der Waals surface area contributed by atoms with Crippen LogP contribution in [0.1, 0.15) is 20.3 Å². The number of aliphatic hydroxyl groups is 1. The first-order valence-corrected chi connectivity index (χ1v) is 4.58. The van der Waals surface area contributed by atoms with Gasteiger partial charge in [-0.15, -0.1) is 0 Å². The number of carbonyl (C=O) groups is 1. The summed E-state index contributed by atoms with van der Waals surface area (Å²) in [6.07, 6.45) is 0.992. The van der Waals surface area contributed by atoms with Gasteiger partial charge in [-0.2, -0.15) is 0 Å². The van der Waals surface area contributed by atoms with Crippen molar-refractivity contribution in [1.29, 1.82) is 0 Å². The molecule has 0 bridgehead atoms. The normalized spacial score (nSPS) is 23.2. The standard InChI is InChI=1S/C9H17NO3/c1-9(2,12)8(11)10-5-7-3-4-13-6-7/h7,12H,3-6H2,1-2H3,(H,10,11). The zero-order valence-electron chi connectivity index (χ0n) is 8.17. The summed E-state index contributed by atoms with van der Waals surface area (Å²) < 4.78 is 5.16. The first-order valence-electron chi connectivity index (χ1n) is 4.58. The van der Waals surface area contributed by atoms with Crippen LogP contribution in [0.2, 0.25) is 0 Å². The molecule has 0 spiro atoms. The fraction of sp³-hybridized carbons (Fsp3) is 0.889. The summed E-state index contributed by atoms with van der Waals surface area (Å²) in [5.41, 5.74) is -1.28. The molecule has 1 saturated heterocycles. The third kappa shape index (κ3) is 3.32. The highest BCUT2D eigenvalue weighted by Crippen LogP contribution is 2.11. The van der Waals surface area contributed by atoms with Gasteiger partial charge in [-0.1, -0.05) is 0 Å². The maximum atomic E-state index is 11.2. The van der Waals surface area contributed by atoms with Crippen molar-refractivity contribution in [1.82, 2.24) is 5.32 Å². The molecule has 76 valence electrons. The SMILES string of the molecule is CC(C)(O)C(=O)NCC1CCOC1. The number of amides is 1. The van der Waals surface area contributed by atoms with Crippen molar-refractivity contribution in [3.8, 4) is 0 Å². The number of carbonyl (C=O) groups excluding carboxylic acids is 1. The van der Waals surface area contributed by atoms with Gasteiger partial charge in [0.2, 0.25) is 0 Å². The van der Waals surface area contributed by atoms with E-state index < -0.39 is 5.60 Å². The van der Waals surface area contributed by atoms with Gasteiger partial charge in [-0.05, 0) is 20.3 Å². The van der Waals surface area contributed by atoms with Crippen molar-refractivity contribution in [2.75, 3.05) is 19.8 Å². The van der Waals surface area contributed by atoms with Crippen molar-refractivity contribution in [2.24, 2.45) is 5.92 Å². The van der Waals surface area contributed by atoms with Crippen LogP contribution in [0.25, 0.3) is 0 Å². The third-order valence-corrected chi connectivity index (χ3v) is 2.13. The van der Waals surface area contributed by atoms with Gasteiger partial charge in [0.05, 0.1) is 6.61 Å². The molecule has 0 aromatic carbocycles. The van der Waals surface area contributed by atoms with Crippen molar-refractivity contribution < 1.29 is 14.6 Å². The molecule has 4 nitrogen and oxygen atoms in total. The molecule has 1 fully saturated rings. The second kappa shape index (κ2) is 4.07. The van der Waals surface area contributed by atoms with Gasteiger partial charge in [0, 0.05) is 19.1 Å². The van der Waals surface area contributed by atoms with Gasteiger partial charge in [-0.3, -0.25) is 4.79 Å². The van der Waals surface area contributed by atoms with E-state index in [1.165, 1.54) is 13.8 Å². The summed E-state index contributed by atoms with van der Waals surface area (Å²) in [5.74, 6) is 0.0886. The Morgan fingerprint density at radius 1 is 1.69 bits per heavy atom. The van der Waals surface area contributed by atoms with Crippen LogP contribution in [-0.4, -0.2) is 36.4 Å². The molecule has 1 aliphatic heterocycles. The Kier molecular flexibility index (Phi) is 3.27. The maximum absolute atomic E-state index is 11.2. The Bertz CT molecular complexity index is 180. The molecule has 0 aliphatic carbocycles. The Morgan fingerprint density at radius 2 is 2.38 bits per heavy atom. The lowest BCUT2D eigenvalue weighted by molar-refractivity contribution is -0.136. The molecule has 1 amide bonds. The molecule has 1 heterocycles. The largest absolute Gasteiger partial charge is 0.381 e. The average Bonchev–Trinajstić information content (AvgIpc) is 2.50. The zero-order chi connectivity index (χ0) is 9.90. The van der Waals surface area contributed by atoms with Gasteiger partial charge in [0.25, 0.3) is 5.91 Å². The highest BCUT2D eigenvalue weighted by atomic mass is 16.5. The molecule has 13 heavy (non-hydrogen) atoms. The average molecular weight is 187 g/mol. The van der Waals surface area contributed by atoms with Crippen LogP contribution >= 0.6 is 0 Å². The monoisotopic (exact) mass is 187 g/mol. The quantitative estimate of drug-likeness (QED) is 0.649. The number of ether oxygens (including phenoxy) is 1. The van der Waals surface area contributed by atoms with E-state index in [0.717, 1.165) is 13.0 Å². The highest BCUT2D eigenvalue weighted by Gasteiger charge is 2.25. The molecule has 1 rings (SSSR count). The Hall–Kier alpha value is -0.610. The maximum Gasteiger partial charge on any atom is 0.251 e. The summed E-state index contributed by atoms with van der Waals surface area (Å²) in [6.45, 7) is 5.05. The topological polar surface area (TPSA) is 58.6 Å². The van der Waals surface area contributed by atoms with Crippen molar-refractivity contribution in [3.63, 3.8) is 0 Å². The molecular formula is C9H17NO3. The molecule has 4 heteroatoms. The summed E-state index contributed by atoms with van der Waals surface area (Å²) in [7, 11) is 0. The minimum absolute atomic E-state index is 0.320. The second-order valence-corrected chi connectivity index (χ2v) is 4.00. The van der Waals surface area contributed by atoms with Crippen LogP contribution in [0.3, 0.4) is 0 Å². The van der Waals surface area contributed by atoms with E-state index in [-0.39, 0.29) is 5.91 Å². The van der Waals surface area contributed by atoms with Crippen LogP contribution in [0.4, 0.5) is 0 Å². The molecular weight excluding hydrogens is 170 g/mol. The number of rotatable bonds is 3. The number of nitrogens with one attached hydrogen (secondary N) is 1. The van der Waals surface area contributed by atoms with Crippen LogP contribution in [0.5, 0.6) is 0 Å². The lowest BCUT2D eigenvalue weighted by Crippen LogP contribution is -2.43. The molecule has 0 saturated carbocycles. The smallest absolute Gasteiger partial charge is 0.251 e. The minimum Gasteiger partial charge on any atom is -0.381 e. The van der Waals surface area contributed by atoms with Crippen molar-refractivity contribution in [3.05, 3.63) is 0 Å². The van der Waals surface area contributed by atoms with Crippen LogP contribution in [-0.2, 0) is 9.53 Å².